The molecule has 0 saturated heterocycles. The largest absolute Gasteiger partial charge is 0.335 e. The van der Waals surface area contributed by atoms with Crippen molar-refractivity contribution in [1.82, 2.24) is 14.5 Å². The summed E-state index contributed by atoms with van der Waals surface area (Å²) in [6.45, 7) is 3.90. The molecule has 0 unspecified atom stereocenters. The molecule has 0 N–H and O–H groups in total. The Labute approximate surface area is 88.0 Å². The average Bonchev–Trinajstić information content (AvgIpc) is 2.55. The van der Waals surface area contributed by atoms with Crippen molar-refractivity contribution < 1.29 is 4.79 Å². The fraction of sp³-hybridized carbons (Fsp3) is 0.364. The third-order valence-corrected chi connectivity index (χ3v) is 2.49. The van der Waals surface area contributed by atoms with Gasteiger partial charge in [0.1, 0.15) is 11.5 Å². The van der Waals surface area contributed by atoms with Crippen molar-refractivity contribution in [2.45, 2.75) is 20.3 Å². The second kappa shape index (κ2) is 3.46. The maximum Gasteiger partial charge on any atom is 0.152 e. The van der Waals surface area contributed by atoms with Gasteiger partial charge >= 0.3 is 0 Å². The minimum Gasteiger partial charge on any atom is -0.335 e. The molecule has 2 aromatic rings. The number of aryl methyl sites for hydroxylation is 3. The van der Waals surface area contributed by atoms with Crippen LogP contribution in [0.2, 0.25) is 0 Å². The van der Waals surface area contributed by atoms with Gasteiger partial charge in [-0.15, -0.1) is 0 Å². The molecule has 0 aromatic carbocycles. The van der Waals surface area contributed by atoms with Crippen molar-refractivity contribution in [2.75, 3.05) is 0 Å². The summed E-state index contributed by atoms with van der Waals surface area (Å²) in [6, 6.07) is 0. The van der Waals surface area contributed by atoms with Gasteiger partial charge in [-0.05, 0) is 13.3 Å². The summed E-state index contributed by atoms with van der Waals surface area (Å²) < 4.78 is 1.87. The fourth-order valence-corrected chi connectivity index (χ4v) is 1.84. The molecule has 0 bridgehead atoms. The first-order valence-corrected chi connectivity index (χ1v) is 4.95. The van der Waals surface area contributed by atoms with E-state index in [2.05, 4.69) is 9.97 Å². The third kappa shape index (κ3) is 1.42. The number of rotatable bonds is 2. The van der Waals surface area contributed by atoms with Crippen molar-refractivity contribution in [2.24, 2.45) is 7.05 Å². The van der Waals surface area contributed by atoms with Crippen LogP contribution < -0.4 is 0 Å². The maximum atomic E-state index is 10.9. The van der Waals surface area contributed by atoms with E-state index in [1.807, 2.05) is 25.5 Å². The zero-order chi connectivity index (χ0) is 11.0. The highest BCUT2D eigenvalue weighted by atomic mass is 16.1. The Kier molecular flexibility index (Phi) is 2.26. The lowest BCUT2D eigenvalue weighted by atomic mass is 10.1. The van der Waals surface area contributed by atoms with E-state index in [4.69, 9.17) is 0 Å². The standard InChI is InChI=1S/C11H13N3O/c1-4-9-10-8(6-15)5-14(3)11(10)13-7(2)12-9/h5-6H,4H2,1-3H3. The predicted molar refractivity (Wildman–Crippen MR) is 58.0 cm³/mol. The van der Waals surface area contributed by atoms with Gasteiger partial charge in [-0.25, -0.2) is 9.97 Å². The van der Waals surface area contributed by atoms with Crippen molar-refractivity contribution >= 4 is 17.3 Å². The zero-order valence-electron chi connectivity index (χ0n) is 9.11. The summed E-state index contributed by atoms with van der Waals surface area (Å²) in [5.41, 5.74) is 2.45. The molecule has 15 heavy (non-hydrogen) atoms. The molecule has 2 rings (SSSR count). The highest BCUT2D eigenvalue weighted by Crippen LogP contribution is 2.21. The first kappa shape index (κ1) is 9.83. The summed E-state index contributed by atoms with van der Waals surface area (Å²) in [5, 5.41) is 0.889. The van der Waals surface area contributed by atoms with Crippen molar-refractivity contribution in [3.63, 3.8) is 0 Å². The predicted octanol–water partition coefficient (Wildman–Crippen LogP) is 1.65. The van der Waals surface area contributed by atoms with E-state index in [1.165, 1.54) is 0 Å². The van der Waals surface area contributed by atoms with E-state index in [0.717, 1.165) is 35.3 Å². The molecule has 0 spiro atoms. The first-order valence-electron chi connectivity index (χ1n) is 4.95. The van der Waals surface area contributed by atoms with Crippen LogP contribution in [0.5, 0.6) is 0 Å². The molecule has 0 aliphatic rings. The summed E-state index contributed by atoms with van der Waals surface area (Å²) in [7, 11) is 1.89. The number of nitrogens with zero attached hydrogens (tertiary/aromatic N) is 3. The number of carbonyl (C=O) groups excluding carboxylic acids is 1. The van der Waals surface area contributed by atoms with Crippen LogP contribution in [0.15, 0.2) is 6.20 Å². The molecule has 2 heterocycles. The molecule has 4 nitrogen and oxygen atoms in total. The summed E-state index contributed by atoms with van der Waals surface area (Å²) in [5.74, 6) is 0.748. The van der Waals surface area contributed by atoms with E-state index in [9.17, 15) is 4.79 Å². The van der Waals surface area contributed by atoms with Gasteiger partial charge < -0.3 is 4.57 Å². The zero-order valence-corrected chi connectivity index (χ0v) is 9.11. The molecule has 0 radical (unpaired) electrons. The second-order valence-corrected chi connectivity index (χ2v) is 3.58. The monoisotopic (exact) mass is 203 g/mol. The van der Waals surface area contributed by atoms with Crippen molar-refractivity contribution in [3.8, 4) is 0 Å². The second-order valence-electron chi connectivity index (χ2n) is 3.58. The van der Waals surface area contributed by atoms with Gasteiger partial charge in [0, 0.05) is 18.8 Å². The van der Waals surface area contributed by atoms with Crippen molar-refractivity contribution in [3.05, 3.63) is 23.3 Å². The Bertz CT molecular complexity index is 528. The first-order chi connectivity index (χ1) is 7.17. The number of hydrogen-bond acceptors (Lipinski definition) is 3. The minimum atomic E-state index is 0.671. The average molecular weight is 203 g/mol. The van der Waals surface area contributed by atoms with E-state index in [0.29, 0.717) is 5.56 Å². The van der Waals surface area contributed by atoms with Crippen LogP contribution in [0.3, 0.4) is 0 Å². The molecule has 0 saturated carbocycles. The van der Waals surface area contributed by atoms with E-state index < -0.39 is 0 Å². The number of aromatic nitrogens is 3. The van der Waals surface area contributed by atoms with E-state index >= 15 is 0 Å². The van der Waals surface area contributed by atoms with Gasteiger partial charge in [0.25, 0.3) is 0 Å². The van der Waals surface area contributed by atoms with Crippen molar-refractivity contribution in [1.29, 1.82) is 0 Å². The normalized spacial score (nSPS) is 10.9. The van der Waals surface area contributed by atoms with Gasteiger partial charge in [0.05, 0.1) is 11.1 Å². The molecule has 4 heteroatoms. The van der Waals surface area contributed by atoms with E-state index in [-0.39, 0.29) is 0 Å². The Balaban J connectivity index is 2.92. The number of aldehydes is 1. The summed E-state index contributed by atoms with van der Waals surface area (Å²) in [4.78, 5) is 19.6. The molecular weight excluding hydrogens is 190 g/mol. The molecule has 0 aliphatic heterocycles. The summed E-state index contributed by atoms with van der Waals surface area (Å²) in [6.07, 6.45) is 3.47. The molecule has 0 atom stereocenters. The van der Waals surface area contributed by atoms with Crippen LogP contribution in [0.4, 0.5) is 0 Å². The lowest BCUT2D eigenvalue weighted by Crippen LogP contribution is -1.98. The summed E-state index contributed by atoms with van der Waals surface area (Å²) >= 11 is 0. The lowest BCUT2D eigenvalue weighted by Gasteiger charge is -2.02. The molecule has 2 aromatic heterocycles. The molecule has 0 amide bonds. The number of hydrogen-bond donors (Lipinski definition) is 0. The van der Waals surface area contributed by atoms with Crippen LogP contribution in [-0.4, -0.2) is 20.8 Å². The van der Waals surface area contributed by atoms with Gasteiger partial charge in [-0.2, -0.15) is 0 Å². The molecule has 0 aliphatic carbocycles. The number of carbonyl (C=O) groups is 1. The molecular formula is C11H13N3O. The lowest BCUT2D eigenvalue weighted by molar-refractivity contribution is 0.112. The van der Waals surface area contributed by atoms with E-state index in [1.54, 1.807) is 6.20 Å². The van der Waals surface area contributed by atoms with Gasteiger partial charge in [0.2, 0.25) is 0 Å². The van der Waals surface area contributed by atoms with Crippen LogP contribution in [-0.2, 0) is 13.5 Å². The minimum absolute atomic E-state index is 0.671. The Morgan fingerprint density at radius 3 is 2.80 bits per heavy atom. The van der Waals surface area contributed by atoms with Crippen LogP contribution in [0, 0.1) is 6.92 Å². The smallest absolute Gasteiger partial charge is 0.152 e. The Hall–Kier alpha value is -1.71. The Morgan fingerprint density at radius 1 is 1.47 bits per heavy atom. The maximum absolute atomic E-state index is 10.9. The molecule has 78 valence electrons. The van der Waals surface area contributed by atoms with Gasteiger partial charge in [-0.1, -0.05) is 6.92 Å². The van der Waals surface area contributed by atoms with Crippen LogP contribution in [0.25, 0.3) is 11.0 Å². The van der Waals surface area contributed by atoms with Crippen LogP contribution >= 0.6 is 0 Å². The highest BCUT2D eigenvalue weighted by Gasteiger charge is 2.12. The Morgan fingerprint density at radius 2 is 2.20 bits per heavy atom. The fourth-order valence-electron chi connectivity index (χ4n) is 1.84. The number of fused-ring (bicyclic) bond motifs is 1. The molecule has 0 fully saturated rings. The topological polar surface area (TPSA) is 47.8 Å². The third-order valence-electron chi connectivity index (χ3n) is 2.49. The quantitative estimate of drug-likeness (QED) is 0.697. The highest BCUT2D eigenvalue weighted by molar-refractivity contribution is 5.97. The SMILES string of the molecule is CCc1nc(C)nc2c1c(C=O)cn2C. The van der Waals surface area contributed by atoms with Gasteiger partial charge in [0.15, 0.2) is 6.29 Å². The van der Waals surface area contributed by atoms with Crippen LogP contribution in [0.1, 0.15) is 28.8 Å². The van der Waals surface area contributed by atoms with Gasteiger partial charge in [-0.3, -0.25) is 4.79 Å².